The summed E-state index contributed by atoms with van der Waals surface area (Å²) in [5, 5.41) is 8.70. The van der Waals surface area contributed by atoms with E-state index >= 15 is 0 Å². The lowest BCUT2D eigenvalue weighted by molar-refractivity contribution is -0.197. The normalized spacial score (nSPS) is 17.8. The first kappa shape index (κ1) is 26.6. The first-order valence-electron chi connectivity index (χ1n) is 9.40. The average molecular weight is 481 g/mol. The Morgan fingerprint density at radius 2 is 1.97 bits per heavy atom. The van der Waals surface area contributed by atoms with Crippen molar-refractivity contribution >= 4 is 63.9 Å². The summed E-state index contributed by atoms with van der Waals surface area (Å²) < 4.78 is -0.218. The molecule has 2 atom stereocenters. The van der Waals surface area contributed by atoms with E-state index in [0.717, 1.165) is 0 Å². The number of carbonyl (C=O) groups excluding carboxylic acids is 4. The van der Waals surface area contributed by atoms with Crippen molar-refractivity contribution in [3.63, 3.8) is 0 Å². The third-order valence-electron chi connectivity index (χ3n) is 4.44. The molecule has 1 unspecified atom stereocenters. The number of carboxylic acid groups (broad SMARTS) is 1. The Balaban J connectivity index is 2.25. The van der Waals surface area contributed by atoms with Crippen LogP contribution in [0.5, 0.6) is 0 Å². The van der Waals surface area contributed by atoms with Crippen LogP contribution in [0.3, 0.4) is 0 Å². The lowest BCUT2D eigenvalue weighted by Crippen LogP contribution is -2.40. The van der Waals surface area contributed by atoms with E-state index in [1.54, 1.807) is 21.6 Å². The number of aliphatic carboxylic acids is 1. The predicted octanol–water partition coefficient (Wildman–Crippen LogP) is 2.15. The number of carbonyl (C=O) groups is 5. The van der Waals surface area contributed by atoms with Crippen molar-refractivity contribution in [3.05, 3.63) is 0 Å². The molecule has 1 aliphatic heterocycles. The SMILES string of the molecule is C[C@@H](C(=O)O)N(C)C(=O)CCC(C)(C)SSCCCC(=O)ON1C(=O)CC(S)C1=O. The van der Waals surface area contributed by atoms with Gasteiger partial charge in [0, 0.05) is 30.4 Å². The maximum absolute atomic E-state index is 12.1. The van der Waals surface area contributed by atoms with Gasteiger partial charge in [-0.05, 0) is 33.6 Å². The predicted molar refractivity (Wildman–Crippen MR) is 118 cm³/mol. The number of hydroxylamine groups is 2. The summed E-state index contributed by atoms with van der Waals surface area (Å²) in [4.78, 5) is 64.2. The maximum atomic E-state index is 12.1. The Morgan fingerprint density at radius 3 is 2.50 bits per heavy atom. The number of thiol groups is 1. The molecule has 1 N–H and O–H groups in total. The summed E-state index contributed by atoms with van der Waals surface area (Å²) in [6.07, 6.45) is 1.31. The number of carboxylic acids is 1. The molecule has 0 spiro atoms. The smallest absolute Gasteiger partial charge is 0.333 e. The minimum absolute atomic E-state index is 0.0681. The number of imide groups is 1. The number of likely N-dealkylation sites (N-methyl/N-ethyl adjacent to an activating group) is 1. The maximum Gasteiger partial charge on any atom is 0.333 e. The quantitative estimate of drug-likeness (QED) is 0.187. The van der Waals surface area contributed by atoms with E-state index in [1.807, 2.05) is 13.8 Å². The average Bonchev–Trinajstić information content (AvgIpc) is 2.90. The van der Waals surface area contributed by atoms with Crippen LogP contribution >= 0.6 is 34.2 Å². The van der Waals surface area contributed by atoms with Gasteiger partial charge in [-0.15, -0.1) is 5.06 Å². The number of hydrogen-bond acceptors (Lipinski definition) is 9. The van der Waals surface area contributed by atoms with Crippen LogP contribution in [0.4, 0.5) is 0 Å². The van der Waals surface area contributed by atoms with Crippen molar-refractivity contribution in [3.8, 4) is 0 Å². The van der Waals surface area contributed by atoms with Gasteiger partial charge in [0.15, 0.2) is 0 Å². The Labute approximate surface area is 189 Å². The number of hydrogen-bond donors (Lipinski definition) is 2. The van der Waals surface area contributed by atoms with Crippen molar-refractivity contribution in [1.82, 2.24) is 9.96 Å². The summed E-state index contributed by atoms with van der Waals surface area (Å²) in [5.41, 5.74) is 0. The first-order valence-corrected chi connectivity index (χ1v) is 12.2. The molecule has 30 heavy (non-hydrogen) atoms. The molecule has 0 aromatic carbocycles. The molecular weight excluding hydrogens is 452 g/mol. The molecule has 1 fully saturated rings. The van der Waals surface area contributed by atoms with Crippen LogP contribution in [-0.4, -0.2) is 73.6 Å². The molecule has 1 aliphatic rings. The molecule has 1 rings (SSSR count). The monoisotopic (exact) mass is 480 g/mol. The highest BCUT2D eigenvalue weighted by Crippen LogP contribution is 2.39. The fourth-order valence-corrected chi connectivity index (χ4v) is 5.24. The summed E-state index contributed by atoms with van der Waals surface area (Å²) >= 11 is 3.95. The fraction of sp³-hybridized carbons (Fsp3) is 0.722. The van der Waals surface area contributed by atoms with E-state index in [0.29, 0.717) is 23.7 Å². The zero-order chi connectivity index (χ0) is 23.1. The van der Waals surface area contributed by atoms with Gasteiger partial charge in [-0.2, -0.15) is 12.6 Å². The standard InChI is InChI=1S/C18H28N2O7S3/c1-11(17(25)26)19(4)13(21)7-8-18(2,3)30-29-9-5-6-15(23)27-20-14(22)10-12(28)16(20)24/h11-12,28H,5-10H2,1-4H3,(H,25,26)/t11-,12?/m0/s1. The number of amides is 3. The third kappa shape index (κ3) is 8.38. The van der Waals surface area contributed by atoms with E-state index < -0.39 is 35.0 Å². The van der Waals surface area contributed by atoms with Crippen LogP contribution in [-0.2, 0) is 28.8 Å². The van der Waals surface area contributed by atoms with E-state index in [2.05, 4.69) is 12.6 Å². The van der Waals surface area contributed by atoms with Crippen molar-refractivity contribution < 1.29 is 33.9 Å². The molecule has 0 aromatic rings. The Morgan fingerprint density at radius 1 is 1.33 bits per heavy atom. The van der Waals surface area contributed by atoms with E-state index in [-0.39, 0.29) is 29.9 Å². The van der Waals surface area contributed by atoms with Crippen LogP contribution in [0.25, 0.3) is 0 Å². The van der Waals surface area contributed by atoms with Crippen molar-refractivity contribution in [2.24, 2.45) is 0 Å². The zero-order valence-electron chi connectivity index (χ0n) is 17.5. The van der Waals surface area contributed by atoms with Crippen molar-refractivity contribution in [2.75, 3.05) is 12.8 Å². The van der Waals surface area contributed by atoms with Crippen molar-refractivity contribution in [2.45, 2.75) is 68.9 Å². The van der Waals surface area contributed by atoms with Gasteiger partial charge in [-0.25, -0.2) is 9.59 Å². The second kappa shape index (κ2) is 11.8. The summed E-state index contributed by atoms with van der Waals surface area (Å²) in [6.45, 7) is 5.45. The second-order valence-electron chi connectivity index (χ2n) is 7.50. The van der Waals surface area contributed by atoms with Gasteiger partial charge in [0.05, 0.1) is 11.7 Å². The van der Waals surface area contributed by atoms with Crippen LogP contribution in [0.2, 0.25) is 0 Å². The molecule has 0 aromatic heterocycles. The van der Waals surface area contributed by atoms with Crippen LogP contribution in [0.1, 0.15) is 52.9 Å². The van der Waals surface area contributed by atoms with E-state index in [4.69, 9.17) is 9.94 Å². The van der Waals surface area contributed by atoms with Gasteiger partial charge in [-0.1, -0.05) is 21.6 Å². The Kier molecular flexibility index (Phi) is 10.5. The summed E-state index contributed by atoms with van der Waals surface area (Å²) in [7, 11) is 4.61. The summed E-state index contributed by atoms with van der Waals surface area (Å²) in [6, 6.07) is -0.868. The highest BCUT2D eigenvalue weighted by molar-refractivity contribution is 8.77. The van der Waals surface area contributed by atoms with Gasteiger partial charge >= 0.3 is 11.9 Å². The van der Waals surface area contributed by atoms with Gasteiger partial charge in [0.25, 0.3) is 11.8 Å². The molecule has 170 valence electrons. The molecule has 3 amide bonds. The lowest BCUT2D eigenvalue weighted by atomic mass is 10.1. The van der Waals surface area contributed by atoms with Gasteiger partial charge in [0.1, 0.15) is 6.04 Å². The Bertz CT molecular complexity index is 687. The third-order valence-corrected chi connectivity index (χ3v) is 8.28. The first-order chi connectivity index (χ1) is 13.9. The van der Waals surface area contributed by atoms with Crippen LogP contribution in [0.15, 0.2) is 0 Å². The molecule has 0 bridgehead atoms. The topological polar surface area (TPSA) is 121 Å². The van der Waals surface area contributed by atoms with E-state index in [1.165, 1.54) is 18.9 Å². The Hall–Kier alpha value is -1.40. The molecular formula is C18H28N2O7S3. The molecule has 9 nitrogen and oxygen atoms in total. The minimum Gasteiger partial charge on any atom is -0.480 e. The molecule has 1 saturated heterocycles. The van der Waals surface area contributed by atoms with Gasteiger partial charge in [-0.3, -0.25) is 14.4 Å². The molecule has 0 aliphatic carbocycles. The molecule has 12 heteroatoms. The zero-order valence-corrected chi connectivity index (χ0v) is 20.0. The van der Waals surface area contributed by atoms with Gasteiger partial charge < -0.3 is 14.8 Å². The summed E-state index contributed by atoms with van der Waals surface area (Å²) in [5.74, 6) is -2.47. The van der Waals surface area contributed by atoms with E-state index in [9.17, 15) is 24.0 Å². The number of rotatable bonds is 12. The largest absolute Gasteiger partial charge is 0.480 e. The highest BCUT2D eigenvalue weighted by atomic mass is 33.1. The lowest BCUT2D eigenvalue weighted by Gasteiger charge is -2.26. The fourth-order valence-electron chi connectivity index (χ4n) is 2.32. The highest BCUT2D eigenvalue weighted by Gasteiger charge is 2.39. The minimum atomic E-state index is -1.04. The molecule has 1 heterocycles. The second-order valence-corrected chi connectivity index (χ2v) is 11.2. The van der Waals surface area contributed by atoms with Crippen LogP contribution in [0, 0.1) is 0 Å². The van der Waals surface area contributed by atoms with Crippen molar-refractivity contribution in [1.29, 1.82) is 0 Å². The number of nitrogens with zero attached hydrogens (tertiary/aromatic N) is 2. The van der Waals surface area contributed by atoms with Gasteiger partial charge in [0.2, 0.25) is 5.91 Å². The molecule has 0 radical (unpaired) electrons. The molecule has 0 saturated carbocycles. The van der Waals surface area contributed by atoms with Crippen LogP contribution < -0.4 is 0 Å².